The monoisotopic (exact) mass is 533 g/mol. The van der Waals surface area contributed by atoms with E-state index < -0.39 is 5.82 Å². The van der Waals surface area contributed by atoms with Crippen LogP contribution in [0.15, 0.2) is 47.6 Å². The molecular weight excluding hydrogens is 509 g/mol. The van der Waals surface area contributed by atoms with Crippen molar-refractivity contribution < 1.29 is 23.5 Å². The first kappa shape index (κ1) is 27.0. The minimum Gasteiger partial charge on any atom is -0.493 e. The molecule has 2 amide bonds. The maximum Gasteiger partial charge on any atom is 0.244 e. The van der Waals surface area contributed by atoms with E-state index in [1.807, 2.05) is 17.6 Å². The fraction of sp³-hybridized carbons (Fsp3) is 0.250. The van der Waals surface area contributed by atoms with Crippen LogP contribution in [0.3, 0.4) is 0 Å². The molecule has 0 atom stereocenters. The Kier molecular flexibility index (Phi) is 9.71. The Morgan fingerprint density at radius 2 is 1.92 bits per heavy atom. The summed E-state index contributed by atoms with van der Waals surface area (Å²) in [6, 6.07) is 9.29. The number of nitrogens with one attached hydrogen (secondary N) is 2. The first-order valence-corrected chi connectivity index (χ1v) is 12.2. The molecule has 2 N–H and O–H groups in total. The number of halogens is 2. The average Bonchev–Trinajstić information content (AvgIpc) is 3.28. The van der Waals surface area contributed by atoms with Crippen LogP contribution in [-0.4, -0.2) is 46.6 Å². The highest BCUT2D eigenvalue weighted by atomic mass is 35.5. The third kappa shape index (κ3) is 7.22. The summed E-state index contributed by atoms with van der Waals surface area (Å²) in [6.07, 6.45) is 3.08. The number of nitrogens with zero attached hydrogens (tertiary/aromatic N) is 3. The molecule has 0 aliphatic carbocycles. The summed E-state index contributed by atoms with van der Waals surface area (Å²) >= 11 is 6.94. The Morgan fingerprint density at radius 1 is 1.14 bits per heavy atom. The van der Waals surface area contributed by atoms with E-state index in [2.05, 4.69) is 20.8 Å². The fourth-order valence-corrected chi connectivity index (χ4v) is 4.13. The molecule has 12 heteroatoms. The molecule has 0 aliphatic heterocycles. The minimum absolute atomic E-state index is 0.0630. The van der Waals surface area contributed by atoms with Crippen LogP contribution in [0.4, 0.5) is 10.1 Å². The normalized spacial score (nSPS) is 10.9. The highest BCUT2D eigenvalue weighted by Gasteiger charge is 2.14. The van der Waals surface area contributed by atoms with Crippen molar-refractivity contribution in [3.05, 3.63) is 64.7 Å². The summed E-state index contributed by atoms with van der Waals surface area (Å²) in [7, 11) is 3.10. The lowest BCUT2D eigenvalue weighted by atomic mass is 10.2. The lowest BCUT2D eigenvalue weighted by molar-refractivity contribution is -0.116. The SMILES string of the molecule is CCn1c(CNC(=O)/C=C/c2ccc(OC)c(OC)c2)nnc1SCC(=O)Nc1ccc(F)c(Cl)c1. The number of rotatable bonds is 11. The van der Waals surface area contributed by atoms with E-state index in [9.17, 15) is 14.0 Å². The highest BCUT2D eigenvalue weighted by Crippen LogP contribution is 2.28. The number of hydrogen-bond donors (Lipinski definition) is 2. The van der Waals surface area contributed by atoms with Crippen molar-refractivity contribution in [1.82, 2.24) is 20.1 Å². The minimum atomic E-state index is -0.559. The Labute approximate surface area is 217 Å². The Bertz CT molecular complexity index is 1270. The molecule has 0 spiro atoms. The van der Waals surface area contributed by atoms with Gasteiger partial charge in [0.05, 0.1) is 31.5 Å². The van der Waals surface area contributed by atoms with Gasteiger partial charge in [-0.2, -0.15) is 0 Å². The number of carbonyl (C=O) groups is 2. The lowest BCUT2D eigenvalue weighted by Gasteiger charge is -2.09. The van der Waals surface area contributed by atoms with Gasteiger partial charge in [0.25, 0.3) is 0 Å². The molecule has 0 saturated carbocycles. The van der Waals surface area contributed by atoms with Crippen LogP contribution < -0.4 is 20.1 Å². The van der Waals surface area contributed by atoms with E-state index in [4.69, 9.17) is 21.1 Å². The van der Waals surface area contributed by atoms with Crippen LogP contribution in [0, 0.1) is 5.82 Å². The molecule has 0 aliphatic rings. The van der Waals surface area contributed by atoms with Gasteiger partial charge < -0.3 is 24.7 Å². The molecular formula is C24H25ClFN5O4S. The maximum atomic E-state index is 13.3. The average molecular weight is 534 g/mol. The van der Waals surface area contributed by atoms with Gasteiger partial charge in [-0.05, 0) is 48.9 Å². The van der Waals surface area contributed by atoms with E-state index in [1.165, 1.54) is 36.0 Å². The molecule has 0 radical (unpaired) electrons. The third-order valence-electron chi connectivity index (χ3n) is 4.90. The van der Waals surface area contributed by atoms with E-state index in [0.29, 0.717) is 34.7 Å². The smallest absolute Gasteiger partial charge is 0.244 e. The Balaban J connectivity index is 1.54. The number of amides is 2. The van der Waals surface area contributed by atoms with E-state index >= 15 is 0 Å². The van der Waals surface area contributed by atoms with Crippen LogP contribution in [-0.2, 0) is 22.7 Å². The molecule has 0 saturated heterocycles. The lowest BCUT2D eigenvalue weighted by Crippen LogP contribution is -2.22. The topological polar surface area (TPSA) is 107 Å². The standard InChI is InChI=1S/C24H25ClFN5O4S/c1-4-31-21(13-27-22(32)10-6-15-5-9-19(34-2)20(11-15)35-3)29-30-24(31)36-14-23(33)28-16-7-8-18(26)17(25)12-16/h5-12H,4,13-14H2,1-3H3,(H,27,32)(H,28,33)/b10-6+. The zero-order chi connectivity index (χ0) is 26.1. The first-order chi connectivity index (χ1) is 17.3. The number of thioether (sulfide) groups is 1. The van der Waals surface area contributed by atoms with Gasteiger partial charge in [-0.1, -0.05) is 29.4 Å². The highest BCUT2D eigenvalue weighted by molar-refractivity contribution is 7.99. The first-order valence-electron chi connectivity index (χ1n) is 10.8. The van der Waals surface area contributed by atoms with Crippen molar-refractivity contribution in [1.29, 1.82) is 0 Å². The Hall–Kier alpha value is -3.57. The van der Waals surface area contributed by atoms with Crippen molar-refractivity contribution in [3.8, 4) is 11.5 Å². The molecule has 3 aromatic rings. The largest absolute Gasteiger partial charge is 0.493 e. The van der Waals surface area contributed by atoms with Crippen molar-refractivity contribution in [2.45, 2.75) is 25.2 Å². The second-order valence-corrected chi connectivity index (χ2v) is 8.62. The zero-order valence-corrected chi connectivity index (χ0v) is 21.5. The van der Waals surface area contributed by atoms with Crippen LogP contribution >= 0.6 is 23.4 Å². The molecule has 0 unspecified atom stereocenters. The van der Waals surface area contributed by atoms with Gasteiger partial charge in [0.1, 0.15) is 5.82 Å². The molecule has 190 valence electrons. The van der Waals surface area contributed by atoms with E-state index in [-0.39, 0.29) is 29.1 Å². The summed E-state index contributed by atoms with van der Waals surface area (Å²) in [6.45, 7) is 2.63. The molecule has 2 aromatic carbocycles. The maximum absolute atomic E-state index is 13.3. The summed E-state index contributed by atoms with van der Waals surface area (Å²) < 4.78 is 25.6. The fourth-order valence-electron chi connectivity index (χ4n) is 3.13. The number of benzene rings is 2. The second-order valence-electron chi connectivity index (χ2n) is 7.27. The summed E-state index contributed by atoms with van der Waals surface area (Å²) in [4.78, 5) is 24.6. The molecule has 9 nitrogen and oxygen atoms in total. The van der Waals surface area contributed by atoms with Crippen LogP contribution in [0.2, 0.25) is 5.02 Å². The predicted octanol–water partition coefficient (Wildman–Crippen LogP) is 4.17. The number of anilines is 1. The summed E-state index contributed by atoms with van der Waals surface area (Å²) in [5, 5.41) is 14.2. The van der Waals surface area contributed by atoms with Gasteiger partial charge in [0, 0.05) is 18.3 Å². The number of methoxy groups -OCH3 is 2. The summed E-state index contributed by atoms with van der Waals surface area (Å²) in [5.41, 5.74) is 1.17. The number of ether oxygens (including phenoxy) is 2. The van der Waals surface area contributed by atoms with Gasteiger partial charge in [0.15, 0.2) is 22.5 Å². The predicted molar refractivity (Wildman–Crippen MR) is 137 cm³/mol. The third-order valence-corrected chi connectivity index (χ3v) is 6.16. The van der Waals surface area contributed by atoms with E-state index in [0.717, 1.165) is 5.56 Å². The van der Waals surface area contributed by atoms with Crippen molar-refractivity contribution >= 4 is 46.9 Å². The van der Waals surface area contributed by atoms with Crippen molar-refractivity contribution in [3.63, 3.8) is 0 Å². The molecule has 36 heavy (non-hydrogen) atoms. The summed E-state index contributed by atoms with van der Waals surface area (Å²) in [5.74, 6) is 0.619. The number of carbonyl (C=O) groups excluding carboxylic acids is 2. The van der Waals surface area contributed by atoms with Crippen LogP contribution in [0.25, 0.3) is 6.08 Å². The second kappa shape index (κ2) is 12.9. The van der Waals surface area contributed by atoms with Gasteiger partial charge in [-0.3, -0.25) is 9.59 Å². The quantitative estimate of drug-likeness (QED) is 0.281. The van der Waals surface area contributed by atoms with Crippen molar-refractivity contribution in [2.75, 3.05) is 25.3 Å². The van der Waals surface area contributed by atoms with Gasteiger partial charge in [-0.15, -0.1) is 10.2 Å². The van der Waals surface area contributed by atoms with Gasteiger partial charge in [-0.25, -0.2) is 4.39 Å². The van der Waals surface area contributed by atoms with E-state index in [1.54, 1.807) is 32.4 Å². The van der Waals surface area contributed by atoms with Crippen LogP contribution in [0.1, 0.15) is 18.3 Å². The van der Waals surface area contributed by atoms with Crippen LogP contribution in [0.5, 0.6) is 11.5 Å². The Morgan fingerprint density at radius 3 is 2.61 bits per heavy atom. The molecule has 3 rings (SSSR count). The number of hydrogen-bond acceptors (Lipinski definition) is 7. The van der Waals surface area contributed by atoms with Gasteiger partial charge >= 0.3 is 0 Å². The van der Waals surface area contributed by atoms with Crippen molar-refractivity contribution in [2.24, 2.45) is 0 Å². The molecule has 0 fully saturated rings. The molecule has 0 bridgehead atoms. The zero-order valence-electron chi connectivity index (χ0n) is 19.9. The molecule has 1 heterocycles. The number of aromatic nitrogens is 3. The molecule has 1 aromatic heterocycles. The van der Waals surface area contributed by atoms with Gasteiger partial charge in [0.2, 0.25) is 11.8 Å².